The lowest BCUT2D eigenvalue weighted by Crippen LogP contribution is -1.90. The minimum Gasteiger partial charge on any atom is -0.582 e. The van der Waals surface area contributed by atoms with Gasteiger partial charge in [-0.3, -0.25) is 0 Å². The summed E-state index contributed by atoms with van der Waals surface area (Å²) < 4.78 is 3.72. The zero-order valence-corrected chi connectivity index (χ0v) is 5.27. The van der Waals surface area contributed by atoms with Crippen molar-refractivity contribution in [3.05, 3.63) is 20.5 Å². The Labute approximate surface area is 52.0 Å². The van der Waals surface area contributed by atoms with Crippen LogP contribution in [-0.2, 0) is 0 Å². The van der Waals surface area contributed by atoms with Gasteiger partial charge in [0.25, 0.3) is 0 Å². The first-order chi connectivity index (χ1) is 3.91. The van der Waals surface area contributed by atoms with Gasteiger partial charge in [-0.2, -0.15) is 0 Å². The van der Waals surface area contributed by atoms with E-state index >= 15 is 0 Å². The number of hydrogen-bond acceptors (Lipinski definition) is 0. The van der Waals surface area contributed by atoms with E-state index in [1.54, 1.807) is 0 Å². The second-order valence-corrected chi connectivity index (χ2v) is 1.73. The monoisotopic (exact) mass is 114 g/mol. The quantitative estimate of drug-likeness (QED) is 0.292. The van der Waals surface area contributed by atoms with Gasteiger partial charge in [0.05, 0.1) is 6.42 Å². The minimum atomic E-state index is 0.897. The standard InChI is InChI=1S/C7H14O/c1-3-4-5-6-7-8-2/h3,8H,1-2,4-7H2. The maximum Gasteiger partial charge on any atom is 0.119 e. The average molecular weight is 114 g/mol. The Balaban J connectivity index is 2.53. The van der Waals surface area contributed by atoms with E-state index in [4.69, 9.17) is 0 Å². The highest BCUT2D eigenvalue weighted by Crippen LogP contribution is 1.95. The molecule has 0 aromatic carbocycles. The van der Waals surface area contributed by atoms with Crippen LogP contribution in [-0.4, -0.2) is 11.3 Å². The highest BCUT2D eigenvalue weighted by Gasteiger charge is 1.87. The second kappa shape index (κ2) is 6.83. The zero-order chi connectivity index (χ0) is 6.24. The van der Waals surface area contributed by atoms with Crippen LogP contribution in [0.2, 0.25) is 0 Å². The normalized spacial score (nSPS) is 9.25. The molecule has 8 heavy (non-hydrogen) atoms. The Bertz CT molecular complexity index is 29.4. The second-order valence-electron chi connectivity index (χ2n) is 1.73. The molecule has 0 heterocycles. The third kappa shape index (κ3) is 5.83. The van der Waals surface area contributed by atoms with E-state index in [1.165, 1.54) is 6.42 Å². The summed E-state index contributed by atoms with van der Waals surface area (Å²) in [5.74, 6) is 0. The molecule has 0 saturated carbocycles. The first-order valence-corrected chi connectivity index (χ1v) is 2.95. The van der Waals surface area contributed by atoms with E-state index in [2.05, 4.69) is 18.8 Å². The summed E-state index contributed by atoms with van der Waals surface area (Å²) >= 11 is 0. The third-order valence-electron chi connectivity index (χ3n) is 0.974. The summed E-state index contributed by atoms with van der Waals surface area (Å²) in [7, 11) is 3.38. The van der Waals surface area contributed by atoms with E-state index in [9.17, 15) is 0 Å². The van der Waals surface area contributed by atoms with Crippen LogP contribution in [0.25, 0.3) is 0 Å². The van der Waals surface area contributed by atoms with Crippen molar-refractivity contribution in [2.75, 3.05) is 6.61 Å². The van der Waals surface area contributed by atoms with E-state index in [0.717, 1.165) is 19.4 Å². The van der Waals surface area contributed by atoms with Crippen LogP contribution in [0.5, 0.6) is 0 Å². The van der Waals surface area contributed by atoms with Gasteiger partial charge < -0.3 is 4.74 Å². The van der Waals surface area contributed by atoms with E-state index in [1.807, 2.05) is 6.42 Å². The van der Waals surface area contributed by atoms with Crippen molar-refractivity contribution in [1.82, 2.24) is 0 Å². The molecule has 0 fully saturated rings. The number of aliphatic hydroxyl groups is 2. The molecule has 0 aromatic rings. The molecule has 0 aliphatic carbocycles. The fraction of sp³-hybridized carbons (Fsp3) is 0.571. The lowest BCUT2D eigenvalue weighted by atomic mass is 10.2. The Hall–Kier alpha value is -0.170. The molecule has 0 bridgehead atoms. The van der Waals surface area contributed by atoms with Crippen molar-refractivity contribution in [2.45, 2.75) is 19.3 Å². The molecule has 0 aliphatic rings. The minimum absolute atomic E-state index is 0.897. The van der Waals surface area contributed by atoms with Crippen LogP contribution in [0.4, 0.5) is 0 Å². The predicted molar refractivity (Wildman–Crippen MR) is 36.0 cm³/mol. The molecular formula is C7H14O. The van der Waals surface area contributed by atoms with Gasteiger partial charge in [0.15, 0.2) is 0 Å². The lowest BCUT2D eigenvalue weighted by molar-refractivity contribution is 0.0533. The molecular weight excluding hydrogens is 100 g/mol. The lowest BCUT2D eigenvalue weighted by Gasteiger charge is -1.96. The first-order valence-electron chi connectivity index (χ1n) is 2.95. The molecule has 0 saturated heterocycles. The van der Waals surface area contributed by atoms with Crippen molar-refractivity contribution in [1.29, 1.82) is 0 Å². The Morgan fingerprint density at radius 2 is 2.12 bits per heavy atom. The maximum atomic E-state index is 3.72. The van der Waals surface area contributed by atoms with Gasteiger partial charge in [0.2, 0.25) is 0 Å². The van der Waals surface area contributed by atoms with Gasteiger partial charge in [-0.25, -0.2) is 0 Å². The molecule has 1 heteroatoms. The Morgan fingerprint density at radius 3 is 2.62 bits per heavy atom. The summed E-state index contributed by atoms with van der Waals surface area (Å²) in [6, 6.07) is 0. The Morgan fingerprint density at radius 1 is 1.38 bits per heavy atom. The predicted octanol–water partition coefficient (Wildman–Crippen LogP) is 1.51. The molecule has 0 rings (SSSR count). The van der Waals surface area contributed by atoms with Crippen molar-refractivity contribution in [3.63, 3.8) is 0 Å². The summed E-state index contributed by atoms with van der Waals surface area (Å²) in [6.45, 7) is 4.51. The van der Waals surface area contributed by atoms with Crippen LogP contribution in [0.15, 0.2) is 0 Å². The van der Waals surface area contributed by atoms with Crippen LogP contribution >= 0.6 is 0 Å². The SMILES string of the molecule is [CH2-][CH+]CCCC[OH+][CH2-]. The maximum absolute atomic E-state index is 3.72. The summed E-state index contributed by atoms with van der Waals surface area (Å²) in [6.07, 6.45) is 5.39. The highest BCUT2D eigenvalue weighted by atomic mass is 16.5. The summed E-state index contributed by atoms with van der Waals surface area (Å²) in [5.41, 5.74) is 0. The number of rotatable bonds is 5. The molecule has 0 atom stereocenters. The van der Waals surface area contributed by atoms with Crippen molar-refractivity contribution >= 4 is 0 Å². The molecule has 0 aromatic heterocycles. The summed E-state index contributed by atoms with van der Waals surface area (Å²) in [4.78, 5) is 0. The smallest absolute Gasteiger partial charge is 0.119 e. The number of ether oxygens (including phenoxy) is 1. The van der Waals surface area contributed by atoms with Gasteiger partial charge in [0.1, 0.15) is 6.61 Å². The topological polar surface area (TPSA) is 12.8 Å². The van der Waals surface area contributed by atoms with Gasteiger partial charge in [-0.05, 0) is 6.42 Å². The van der Waals surface area contributed by atoms with E-state index < -0.39 is 0 Å². The van der Waals surface area contributed by atoms with Crippen molar-refractivity contribution < 1.29 is 4.74 Å². The molecule has 1 nitrogen and oxygen atoms in total. The van der Waals surface area contributed by atoms with Crippen molar-refractivity contribution in [3.8, 4) is 0 Å². The highest BCUT2D eigenvalue weighted by molar-refractivity contribution is 4.64. The Kier molecular flexibility index (Phi) is 6.68. The molecule has 48 valence electrons. The number of unbranched alkanes of at least 4 members (excludes halogenated alkanes) is 3. The fourth-order valence-electron chi connectivity index (χ4n) is 0.512. The molecule has 0 aliphatic heterocycles. The van der Waals surface area contributed by atoms with Crippen LogP contribution in [0.1, 0.15) is 19.3 Å². The molecule has 0 radical (unpaired) electrons. The van der Waals surface area contributed by atoms with Gasteiger partial charge in [-0.15, -0.1) is 6.92 Å². The van der Waals surface area contributed by atoms with Crippen LogP contribution in [0, 0.1) is 20.5 Å². The fourth-order valence-corrected chi connectivity index (χ4v) is 0.512. The average Bonchev–Trinajstić information content (AvgIpc) is 1.81. The van der Waals surface area contributed by atoms with Crippen molar-refractivity contribution in [2.24, 2.45) is 0 Å². The molecule has 0 spiro atoms. The molecule has 0 amide bonds. The first kappa shape index (κ1) is 7.83. The van der Waals surface area contributed by atoms with Crippen LogP contribution in [0.3, 0.4) is 0 Å². The van der Waals surface area contributed by atoms with Gasteiger partial charge >= 0.3 is 0 Å². The largest absolute Gasteiger partial charge is 0.582 e. The molecule has 1 N–H and O–H groups in total. The van der Waals surface area contributed by atoms with Gasteiger partial charge in [0, 0.05) is 6.42 Å². The van der Waals surface area contributed by atoms with E-state index in [-0.39, 0.29) is 0 Å². The third-order valence-corrected chi connectivity index (χ3v) is 0.974. The summed E-state index contributed by atoms with van der Waals surface area (Å²) in [5, 5.41) is 0. The van der Waals surface area contributed by atoms with Gasteiger partial charge in [-0.1, -0.05) is 13.5 Å². The zero-order valence-electron chi connectivity index (χ0n) is 5.27. The van der Waals surface area contributed by atoms with E-state index in [0.29, 0.717) is 0 Å². The van der Waals surface area contributed by atoms with Crippen LogP contribution < -0.4 is 0 Å². The number of hydrogen-bond donors (Lipinski definition) is 0. The molecule has 0 unspecified atom stereocenters.